The molecule has 3 rings (SSSR count). The van der Waals surface area contributed by atoms with Gasteiger partial charge in [-0.2, -0.15) is 0 Å². The van der Waals surface area contributed by atoms with E-state index in [-0.39, 0.29) is 35.4 Å². The zero-order valence-electron chi connectivity index (χ0n) is 17.7. The van der Waals surface area contributed by atoms with Crippen LogP contribution in [0, 0.1) is 0 Å². The third-order valence-electron chi connectivity index (χ3n) is 5.07. The van der Waals surface area contributed by atoms with Crippen molar-refractivity contribution in [2.75, 3.05) is 13.6 Å². The quantitative estimate of drug-likeness (QED) is 0.272. The molecule has 30 heavy (non-hydrogen) atoms. The highest BCUT2D eigenvalue weighted by Crippen LogP contribution is 2.23. The lowest BCUT2D eigenvalue weighted by molar-refractivity contribution is 0.508. The standard InChI is InChI=1S/C22H30N4O2S.HI/c1-22(2,18-7-5-4-6-8-18)16-25-21(23-3)24-15-17-9-13-20(14-10-17)29(27,28)26-19-11-12-19;/h4-10,13-14,19,26H,11-12,15-16H2,1-3H3,(H2,23,24,25);1H. The molecule has 0 saturated heterocycles. The monoisotopic (exact) mass is 542 g/mol. The van der Waals surface area contributed by atoms with Gasteiger partial charge < -0.3 is 10.6 Å². The molecule has 164 valence electrons. The van der Waals surface area contributed by atoms with Crippen LogP contribution in [-0.2, 0) is 22.0 Å². The Bertz CT molecular complexity index is 941. The number of nitrogens with zero attached hydrogens (tertiary/aromatic N) is 1. The van der Waals surface area contributed by atoms with E-state index in [1.807, 2.05) is 30.3 Å². The van der Waals surface area contributed by atoms with Gasteiger partial charge in [-0.15, -0.1) is 24.0 Å². The summed E-state index contributed by atoms with van der Waals surface area (Å²) in [6.45, 7) is 5.68. The van der Waals surface area contributed by atoms with Gasteiger partial charge in [0.25, 0.3) is 0 Å². The number of aliphatic imine (C=N–C) groups is 1. The number of nitrogens with one attached hydrogen (secondary N) is 3. The Morgan fingerprint density at radius 3 is 2.23 bits per heavy atom. The van der Waals surface area contributed by atoms with Crippen molar-refractivity contribution >= 4 is 40.0 Å². The fourth-order valence-corrected chi connectivity index (χ4v) is 4.28. The van der Waals surface area contributed by atoms with Crippen LogP contribution in [0.25, 0.3) is 0 Å². The minimum atomic E-state index is -3.41. The summed E-state index contributed by atoms with van der Waals surface area (Å²) < 4.78 is 27.2. The fourth-order valence-electron chi connectivity index (χ4n) is 2.98. The molecule has 3 N–H and O–H groups in total. The number of sulfonamides is 1. The van der Waals surface area contributed by atoms with Gasteiger partial charge in [-0.1, -0.05) is 56.3 Å². The molecular weight excluding hydrogens is 511 g/mol. The molecule has 1 aliphatic rings. The third kappa shape index (κ3) is 6.95. The number of benzene rings is 2. The SMILES string of the molecule is CN=C(NCc1ccc(S(=O)(=O)NC2CC2)cc1)NCC(C)(C)c1ccccc1.I. The average Bonchev–Trinajstić information content (AvgIpc) is 3.52. The Morgan fingerprint density at radius 2 is 1.67 bits per heavy atom. The Morgan fingerprint density at radius 1 is 1.03 bits per heavy atom. The molecule has 0 spiro atoms. The molecule has 1 fully saturated rings. The highest BCUT2D eigenvalue weighted by atomic mass is 127. The topological polar surface area (TPSA) is 82.6 Å². The van der Waals surface area contributed by atoms with Gasteiger partial charge in [-0.05, 0) is 36.1 Å². The number of rotatable bonds is 8. The zero-order valence-corrected chi connectivity index (χ0v) is 20.8. The van der Waals surface area contributed by atoms with Crippen LogP contribution in [0.2, 0.25) is 0 Å². The summed E-state index contributed by atoms with van der Waals surface area (Å²) in [7, 11) is -1.67. The highest BCUT2D eigenvalue weighted by Gasteiger charge is 2.27. The predicted molar refractivity (Wildman–Crippen MR) is 133 cm³/mol. The molecule has 1 saturated carbocycles. The van der Waals surface area contributed by atoms with Crippen molar-refractivity contribution in [3.05, 3.63) is 65.7 Å². The van der Waals surface area contributed by atoms with E-state index < -0.39 is 10.0 Å². The largest absolute Gasteiger partial charge is 0.356 e. The number of guanidine groups is 1. The molecule has 8 heteroatoms. The second-order valence-corrected chi connectivity index (χ2v) is 9.78. The predicted octanol–water partition coefficient (Wildman–Crippen LogP) is 3.39. The van der Waals surface area contributed by atoms with E-state index >= 15 is 0 Å². The molecule has 1 aliphatic carbocycles. The summed E-state index contributed by atoms with van der Waals surface area (Å²) in [6, 6.07) is 17.4. The molecule has 6 nitrogen and oxygen atoms in total. The van der Waals surface area contributed by atoms with Gasteiger partial charge in [-0.3, -0.25) is 4.99 Å². The van der Waals surface area contributed by atoms with Gasteiger partial charge in [0.15, 0.2) is 5.96 Å². The first-order chi connectivity index (χ1) is 13.8. The number of hydrogen-bond acceptors (Lipinski definition) is 3. The van der Waals surface area contributed by atoms with Crippen LogP contribution in [0.5, 0.6) is 0 Å². The molecule has 0 aliphatic heterocycles. The summed E-state index contributed by atoms with van der Waals surface area (Å²) in [5.74, 6) is 0.709. The second-order valence-electron chi connectivity index (χ2n) is 8.07. The van der Waals surface area contributed by atoms with Gasteiger partial charge in [0.05, 0.1) is 4.90 Å². The number of halogens is 1. The Kier molecular flexibility index (Phi) is 8.69. The van der Waals surface area contributed by atoms with Crippen LogP contribution in [0.4, 0.5) is 0 Å². The maximum absolute atomic E-state index is 12.2. The molecule has 0 amide bonds. The molecule has 2 aromatic rings. The van der Waals surface area contributed by atoms with E-state index in [4.69, 9.17) is 0 Å². The van der Waals surface area contributed by atoms with Crippen LogP contribution in [0.15, 0.2) is 64.5 Å². The van der Waals surface area contributed by atoms with Crippen LogP contribution in [-0.4, -0.2) is 34.0 Å². The highest BCUT2D eigenvalue weighted by molar-refractivity contribution is 14.0. The minimum absolute atomic E-state index is 0. The van der Waals surface area contributed by atoms with E-state index in [9.17, 15) is 8.42 Å². The lowest BCUT2D eigenvalue weighted by Crippen LogP contribution is -2.43. The van der Waals surface area contributed by atoms with Crippen molar-refractivity contribution in [1.29, 1.82) is 0 Å². The first-order valence-corrected chi connectivity index (χ1v) is 11.4. The van der Waals surface area contributed by atoms with Gasteiger partial charge in [0.2, 0.25) is 10.0 Å². The van der Waals surface area contributed by atoms with Gasteiger partial charge >= 0.3 is 0 Å². The normalized spacial score (nSPS) is 14.7. The Balaban J connectivity index is 0.00000320. The van der Waals surface area contributed by atoms with Crippen LogP contribution < -0.4 is 15.4 Å². The van der Waals surface area contributed by atoms with Crippen molar-refractivity contribution in [1.82, 2.24) is 15.4 Å². The van der Waals surface area contributed by atoms with E-state index in [2.05, 4.69) is 46.3 Å². The van der Waals surface area contributed by atoms with Crippen molar-refractivity contribution in [3.8, 4) is 0 Å². The fraction of sp³-hybridized carbons (Fsp3) is 0.409. The minimum Gasteiger partial charge on any atom is -0.356 e. The smallest absolute Gasteiger partial charge is 0.240 e. The Hall–Kier alpha value is -1.65. The molecule has 0 heterocycles. The number of hydrogen-bond donors (Lipinski definition) is 3. The maximum atomic E-state index is 12.2. The van der Waals surface area contributed by atoms with Crippen molar-refractivity contribution < 1.29 is 8.42 Å². The van der Waals surface area contributed by atoms with E-state index in [0.29, 0.717) is 17.4 Å². The summed E-state index contributed by atoms with van der Waals surface area (Å²) in [5.41, 5.74) is 2.21. The molecule has 2 aromatic carbocycles. The molecule has 0 unspecified atom stereocenters. The summed E-state index contributed by atoms with van der Waals surface area (Å²) in [6.07, 6.45) is 1.85. The Labute approximate surface area is 197 Å². The maximum Gasteiger partial charge on any atom is 0.240 e. The van der Waals surface area contributed by atoms with Gasteiger partial charge in [0, 0.05) is 31.6 Å². The van der Waals surface area contributed by atoms with Gasteiger partial charge in [-0.25, -0.2) is 13.1 Å². The summed E-state index contributed by atoms with van der Waals surface area (Å²) >= 11 is 0. The van der Waals surface area contributed by atoms with Gasteiger partial charge in [0.1, 0.15) is 0 Å². The second kappa shape index (κ2) is 10.6. The van der Waals surface area contributed by atoms with Crippen LogP contribution >= 0.6 is 24.0 Å². The van der Waals surface area contributed by atoms with Crippen molar-refractivity contribution in [3.63, 3.8) is 0 Å². The summed E-state index contributed by atoms with van der Waals surface area (Å²) in [5, 5.41) is 6.66. The van der Waals surface area contributed by atoms with E-state index in [1.165, 1.54) is 5.56 Å². The lowest BCUT2D eigenvalue weighted by Gasteiger charge is -2.26. The van der Waals surface area contributed by atoms with E-state index in [1.54, 1.807) is 19.2 Å². The third-order valence-corrected chi connectivity index (χ3v) is 6.61. The average molecular weight is 542 g/mol. The lowest BCUT2D eigenvalue weighted by atomic mass is 9.85. The first kappa shape index (κ1) is 24.6. The summed E-state index contributed by atoms with van der Waals surface area (Å²) in [4.78, 5) is 4.59. The molecular formula is C22H31IN4O2S. The zero-order chi connectivity index (χ0) is 20.9. The molecule has 0 bridgehead atoms. The van der Waals surface area contributed by atoms with Crippen LogP contribution in [0.1, 0.15) is 37.8 Å². The molecule has 0 atom stereocenters. The molecule has 0 radical (unpaired) electrons. The van der Waals surface area contributed by atoms with Crippen LogP contribution in [0.3, 0.4) is 0 Å². The first-order valence-electron chi connectivity index (χ1n) is 9.91. The van der Waals surface area contributed by atoms with Crippen molar-refractivity contribution in [2.45, 2.75) is 49.6 Å². The van der Waals surface area contributed by atoms with Crippen molar-refractivity contribution in [2.24, 2.45) is 4.99 Å². The molecule has 0 aromatic heterocycles. The van der Waals surface area contributed by atoms with E-state index in [0.717, 1.165) is 24.9 Å².